The van der Waals surface area contributed by atoms with Crippen LogP contribution in [0.15, 0.2) is 38.6 Å². The molecule has 33 heavy (non-hydrogen) atoms. The maximum atomic E-state index is 12.9. The van der Waals surface area contributed by atoms with Gasteiger partial charge >= 0.3 is 6.16 Å². The first kappa shape index (κ1) is 23.9. The van der Waals surface area contributed by atoms with Crippen molar-refractivity contribution in [3.05, 3.63) is 38.3 Å². The minimum Gasteiger partial charge on any atom is -0.449 e. The summed E-state index contributed by atoms with van der Waals surface area (Å²) in [7, 11) is 1.68. The maximum absolute atomic E-state index is 12.9. The number of rotatable bonds is 7. The largest absolute Gasteiger partial charge is 0.512 e. The predicted octanol–water partition coefficient (Wildman–Crippen LogP) is 2.52. The first-order chi connectivity index (χ1) is 15.8. The second-order valence-corrected chi connectivity index (χ2v) is 10.6. The zero-order valence-electron chi connectivity index (χ0n) is 16.6. The van der Waals surface area contributed by atoms with E-state index in [1.54, 1.807) is 24.6 Å². The fourth-order valence-electron chi connectivity index (χ4n) is 3.13. The van der Waals surface area contributed by atoms with E-state index in [0.717, 1.165) is 0 Å². The molecule has 0 radical (unpaired) electrons. The molecule has 4 heterocycles. The van der Waals surface area contributed by atoms with Crippen LogP contribution >= 0.6 is 58.1 Å². The molecular weight excluding hydrogens is 535 g/mol. The van der Waals surface area contributed by atoms with E-state index in [-0.39, 0.29) is 15.9 Å². The van der Waals surface area contributed by atoms with Crippen LogP contribution in [0.4, 0.5) is 4.79 Å². The molecule has 2 atom stereocenters. The van der Waals surface area contributed by atoms with E-state index in [1.165, 1.54) is 44.4 Å². The number of carboxylic acid groups (broad SMARTS) is 1. The molecule has 1 saturated heterocycles. The lowest BCUT2D eigenvalue weighted by atomic mass is 10.1. The first-order valence-electron chi connectivity index (χ1n) is 9.10. The average molecular weight is 549 g/mol. The highest BCUT2D eigenvalue weighted by Crippen LogP contribution is 2.42. The van der Waals surface area contributed by atoms with Crippen LogP contribution in [-0.2, 0) is 21.4 Å². The van der Waals surface area contributed by atoms with Gasteiger partial charge in [0.05, 0.1) is 5.57 Å². The summed E-state index contributed by atoms with van der Waals surface area (Å²) in [4.78, 5) is 38.8. The molecule has 0 aliphatic carbocycles. The molecule has 11 nitrogen and oxygen atoms in total. The number of carbonyl (C=O) groups is 3. The van der Waals surface area contributed by atoms with E-state index in [0.29, 0.717) is 27.1 Å². The number of aryl methyl sites for hydroxylation is 1. The SMILES string of the molecule is Cn1nnnc1SCC1=C(OC(=O)O)N2C(=O)C(NC(=O)C(=C(Cl)Cl)c3cccs3)[C@@H]2SC1. The van der Waals surface area contributed by atoms with Gasteiger partial charge in [0.2, 0.25) is 11.0 Å². The Balaban J connectivity index is 1.51. The lowest BCUT2D eigenvalue weighted by Gasteiger charge is -2.49. The molecular formula is C17H14Cl2N6O5S3. The van der Waals surface area contributed by atoms with E-state index >= 15 is 0 Å². The van der Waals surface area contributed by atoms with Crippen molar-refractivity contribution in [2.45, 2.75) is 16.6 Å². The summed E-state index contributed by atoms with van der Waals surface area (Å²) in [5.41, 5.74) is 0.653. The molecule has 0 spiro atoms. The maximum Gasteiger partial charge on any atom is 0.512 e. The van der Waals surface area contributed by atoms with E-state index in [9.17, 15) is 19.5 Å². The van der Waals surface area contributed by atoms with Crippen LogP contribution < -0.4 is 5.32 Å². The Morgan fingerprint density at radius 1 is 1.42 bits per heavy atom. The van der Waals surface area contributed by atoms with Crippen molar-refractivity contribution in [2.75, 3.05) is 11.5 Å². The zero-order valence-corrected chi connectivity index (χ0v) is 20.6. The van der Waals surface area contributed by atoms with Crippen molar-refractivity contribution in [2.24, 2.45) is 7.05 Å². The molecule has 0 saturated carbocycles. The van der Waals surface area contributed by atoms with Crippen LogP contribution in [0.5, 0.6) is 0 Å². The Hall–Kier alpha value is -2.26. The van der Waals surface area contributed by atoms with Crippen molar-refractivity contribution in [1.29, 1.82) is 0 Å². The van der Waals surface area contributed by atoms with Gasteiger partial charge in [0, 0.05) is 29.0 Å². The van der Waals surface area contributed by atoms with Crippen LogP contribution in [0.3, 0.4) is 0 Å². The minimum atomic E-state index is -1.55. The molecule has 1 unspecified atom stereocenters. The van der Waals surface area contributed by atoms with Gasteiger partial charge in [-0.1, -0.05) is 41.0 Å². The van der Waals surface area contributed by atoms with Gasteiger partial charge in [-0.15, -0.1) is 28.2 Å². The third kappa shape index (κ3) is 4.84. The summed E-state index contributed by atoms with van der Waals surface area (Å²) >= 11 is 15.8. The molecule has 0 bridgehead atoms. The number of fused-ring (bicyclic) bond motifs is 1. The lowest BCUT2D eigenvalue weighted by Crippen LogP contribution is -2.70. The molecule has 2 aromatic rings. The molecule has 0 aromatic carbocycles. The third-order valence-corrected chi connectivity index (χ3v) is 8.31. The normalized spacial score (nSPS) is 19.6. The second-order valence-electron chi connectivity index (χ2n) is 6.62. The number of hydrogen-bond acceptors (Lipinski definition) is 10. The number of aromatic nitrogens is 4. The van der Waals surface area contributed by atoms with Crippen LogP contribution in [0, 0.1) is 0 Å². The summed E-state index contributed by atoms with van der Waals surface area (Å²) < 4.78 is 6.21. The number of carbonyl (C=O) groups excluding carboxylic acids is 2. The Kier molecular flexibility index (Phi) is 7.19. The van der Waals surface area contributed by atoms with Crippen molar-refractivity contribution in [1.82, 2.24) is 30.4 Å². The Labute approximate surface area is 209 Å². The molecule has 16 heteroatoms. The Morgan fingerprint density at radius 2 is 2.21 bits per heavy atom. The van der Waals surface area contributed by atoms with Gasteiger partial charge in [0.1, 0.15) is 15.9 Å². The molecule has 4 rings (SSSR count). The van der Waals surface area contributed by atoms with Gasteiger partial charge in [0.25, 0.3) is 11.8 Å². The summed E-state index contributed by atoms with van der Waals surface area (Å²) in [5, 5.41) is 24.8. The van der Waals surface area contributed by atoms with Crippen LogP contribution in [0.25, 0.3) is 5.57 Å². The van der Waals surface area contributed by atoms with E-state index in [1.807, 2.05) is 0 Å². The number of nitrogens with one attached hydrogen (secondary N) is 1. The molecule has 2 aliphatic heterocycles. The summed E-state index contributed by atoms with van der Waals surface area (Å²) in [6, 6.07) is 2.54. The van der Waals surface area contributed by atoms with Crippen molar-refractivity contribution in [3.8, 4) is 0 Å². The summed E-state index contributed by atoms with van der Waals surface area (Å²) in [5.74, 6) is -0.475. The summed E-state index contributed by atoms with van der Waals surface area (Å²) in [6.07, 6.45) is -1.55. The van der Waals surface area contributed by atoms with E-state index in [2.05, 4.69) is 20.8 Å². The number of nitrogens with zero attached hydrogens (tertiary/aromatic N) is 5. The number of tetrazole rings is 1. The molecule has 1 fully saturated rings. The number of thiophene rings is 1. The Morgan fingerprint density at radius 3 is 2.82 bits per heavy atom. The van der Waals surface area contributed by atoms with Gasteiger partial charge in [0.15, 0.2) is 0 Å². The monoisotopic (exact) mass is 548 g/mol. The fourth-order valence-corrected chi connectivity index (χ4v) is 6.69. The van der Waals surface area contributed by atoms with Gasteiger partial charge in [-0.25, -0.2) is 9.48 Å². The van der Waals surface area contributed by atoms with Crippen LogP contribution in [0.2, 0.25) is 0 Å². The van der Waals surface area contributed by atoms with Gasteiger partial charge < -0.3 is 15.2 Å². The quantitative estimate of drug-likeness (QED) is 0.229. The number of β-lactam (4-membered cyclic amide) rings is 1. The lowest BCUT2D eigenvalue weighted by molar-refractivity contribution is -0.148. The average Bonchev–Trinajstić information content (AvgIpc) is 3.42. The molecule has 174 valence electrons. The topological polar surface area (TPSA) is 140 Å². The van der Waals surface area contributed by atoms with Crippen molar-refractivity contribution >= 4 is 81.6 Å². The van der Waals surface area contributed by atoms with Gasteiger partial charge in [-0.3, -0.25) is 14.5 Å². The van der Waals surface area contributed by atoms with Crippen LogP contribution in [0.1, 0.15) is 4.88 Å². The zero-order chi connectivity index (χ0) is 23.7. The molecule has 2 aromatic heterocycles. The fraction of sp³-hybridized carbons (Fsp3) is 0.294. The summed E-state index contributed by atoms with van der Waals surface area (Å²) in [6.45, 7) is 0. The minimum absolute atomic E-state index is 0.0613. The van der Waals surface area contributed by atoms with Crippen LogP contribution in [-0.4, -0.2) is 71.1 Å². The highest BCUT2D eigenvalue weighted by molar-refractivity contribution is 8.01. The molecule has 2 aliphatic rings. The van der Waals surface area contributed by atoms with Gasteiger partial charge in [-0.2, -0.15) is 0 Å². The second kappa shape index (κ2) is 9.93. The number of thioether (sulfide) groups is 2. The van der Waals surface area contributed by atoms with E-state index in [4.69, 9.17) is 27.9 Å². The Bertz CT molecular complexity index is 1160. The van der Waals surface area contributed by atoms with E-state index < -0.39 is 29.4 Å². The van der Waals surface area contributed by atoms with Crippen molar-refractivity contribution in [3.63, 3.8) is 0 Å². The third-order valence-electron chi connectivity index (χ3n) is 4.60. The van der Waals surface area contributed by atoms with Gasteiger partial charge in [-0.05, 0) is 21.9 Å². The number of hydrogen-bond donors (Lipinski definition) is 2. The standard InChI is InChI=1S/C17H14Cl2N6O5S3/c1-24-16(21-22-23-24)33-6-7-5-32-15-10(13(27)25(15)14(7)30-17(28)29)20-12(26)9(11(18)19)8-3-2-4-31-8/h2-4,10,15H,5-6H2,1H3,(H,20,26)(H,28,29)/t10?,15-/m0/s1. The highest BCUT2D eigenvalue weighted by Gasteiger charge is 2.54. The number of halogens is 2. The molecule has 2 amide bonds. The number of ether oxygens (including phenoxy) is 1. The molecule has 2 N–H and O–H groups in total. The predicted molar refractivity (Wildman–Crippen MR) is 124 cm³/mol. The first-order valence-corrected chi connectivity index (χ1v) is 12.8. The van der Waals surface area contributed by atoms with Crippen molar-refractivity contribution < 1.29 is 24.2 Å². The smallest absolute Gasteiger partial charge is 0.449 e. The highest BCUT2D eigenvalue weighted by atomic mass is 35.5. The number of amides is 2.